The first kappa shape index (κ1) is 11.9. The van der Waals surface area contributed by atoms with Gasteiger partial charge in [-0.2, -0.15) is 0 Å². The number of halogens is 1. The quantitative estimate of drug-likeness (QED) is 0.733. The highest BCUT2D eigenvalue weighted by molar-refractivity contribution is 6.31. The molecule has 4 heteroatoms. The van der Waals surface area contributed by atoms with Crippen molar-refractivity contribution in [2.24, 2.45) is 0 Å². The van der Waals surface area contributed by atoms with Crippen molar-refractivity contribution in [2.75, 3.05) is 5.32 Å². The molecular formula is C15H12ClN3. The summed E-state index contributed by atoms with van der Waals surface area (Å²) in [6, 6.07) is 12.1. The molecular weight excluding hydrogens is 258 g/mol. The maximum Gasteiger partial charge on any atom is 0.152 e. The van der Waals surface area contributed by atoms with Crippen LogP contribution in [0.2, 0.25) is 5.15 Å². The summed E-state index contributed by atoms with van der Waals surface area (Å²) in [6.45, 7) is 0.712. The predicted molar refractivity (Wildman–Crippen MR) is 78.3 cm³/mol. The third-order valence-electron chi connectivity index (χ3n) is 2.95. The van der Waals surface area contributed by atoms with E-state index in [0.717, 1.165) is 11.1 Å². The van der Waals surface area contributed by atoms with Crippen molar-refractivity contribution in [1.29, 1.82) is 0 Å². The van der Waals surface area contributed by atoms with E-state index in [1.165, 1.54) is 10.9 Å². The average molecular weight is 270 g/mol. The van der Waals surface area contributed by atoms with Crippen LogP contribution in [0.25, 0.3) is 10.8 Å². The van der Waals surface area contributed by atoms with Gasteiger partial charge in [0.25, 0.3) is 0 Å². The molecule has 0 amide bonds. The maximum atomic E-state index is 6.00. The Morgan fingerprint density at radius 3 is 2.89 bits per heavy atom. The topological polar surface area (TPSA) is 37.8 Å². The lowest BCUT2D eigenvalue weighted by atomic mass is 10.1. The Morgan fingerprint density at radius 1 is 1.05 bits per heavy atom. The Hall–Kier alpha value is -2.13. The van der Waals surface area contributed by atoms with Crippen LogP contribution in [0.3, 0.4) is 0 Å². The summed E-state index contributed by atoms with van der Waals surface area (Å²) in [5, 5.41) is 6.11. The van der Waals surface area contributed by atoms with Crippen molar-refractivity contribution in [3.8, 4) is 0 Å². The molecule has 94 valence electrons. The number of pyridine rings is 2. The second-order valence-electron chi connectivity index (χ2n) is 4.25. The highest BCUT2D eigenvalue weighted by atomic mass is 35.5. The third kappa shape index (κ3) is 2.66. The first-order valence-electron chi connectivity index (χ1n) is 6.00. The number of benzene rings is 1. The molecule has 0 fully saturated rings. The van der Waals surface area contributed by atoms with Gasteiger partial charge in [-0.15, -0.1) is 0 Å². The number of hydrogen-bond donors (Lipinski definition) is 1. The standard InChI is InChI=1S/C15H12ClN3/c16-15-14(2-1-6-18-15)19-9-11-3-4-13-10-17-7-5-12(13)8-11/h1-8,10,19H,9H2. The number of nitrogens with zero attached hydrogens (tertiary/aromatic N) is 2. The Balaban J connectivity index is 1.80. The van der Waals surface area contributed by atoms with E-state index in [2.05, 4.69) is 33.5 Å². The van der Waals surface area contributed by atoms with Crippen LogP contribution in [0, 0.1) is 0 Å². The molecule has 2 heterocycles. The lowest BCUT2D eigenvalue weighted by Gasteiger charge is -2.08. The monoisotopic (exact) mass is 269 g/mol. The predicted octanol–water partition coefficient (Wildman–Crippen LogP) is 3.90. The van der Waals surface area contributed by atoms with E-state index in [4.69, 9.17) is 11.6 Å². The third-order valence-corrected chi connectivity index (χ3v) is 3.25. The second-order valence-corrected chi connectivity index (χ2v) is 4.61. The van der Waals surface area contributed by atoms with Gasteiger partial charge in [0.2, 0.25) is 0 Å². The number of rotatable bonds is 3. The largest absolute Gasteiger partial charge is 0.378 e. The average Bonchev–Trinajstić information content (AvgIpc) is 2.46. The van der Waals surface area contributed by atoms with Gasteiger partial charge in [-0.05, 0) is 35.2 Å². The first-order chi connectivity index (χ1) is 9.33. The summed E-state index contributed by atoms with van der Waals surface area (Å²) >= 11 is 6.00. The van der Waals surface area contributed by atoms with Crippen molar-refractivity contribution in [1.82, 2.24) is 9.97 Å². The summed E-state index contributed by atoms with van der Waals surface area (Å²) in [6.07, 6.45) is 5.35. The minimum Gasteiger partial charge on any atom is -0.378 e. The number of aromatic nitrogens is 2. The Labute approximate surface area is 116 Å². The lowest BCUT2D eigenvalue weighted by Crippen LogP contribution is -2.00. The summed E-state index contributed by atoms with van der Waals surface area (Å²) in [7, 11) is 0. The minimum absolute atomic E-state index is 0.493. The van der Waals surface area contributed by atoms with Crippen molar-refractivity contribution in [3.05, 3.63) is 65.7 Å². The normalized spacial score (nSPS) is 10.6. The van der Waals surface area contributed by atoms with Crippen LogP contribution in [0.5, 0.6) is 0 Å². The molecule has 19 heavy (non-hydrogen) atoms. The Kier molecular flexibility index (Phi) is 3.29. The van der Waals surface area contributed by atoms with E-state index in [9.17, 15) is 0 Å². The molecule has 0 saturated heterocycles. The lowest BCUT2D eigenvalue weighted by molar-refractivity contribution is 1.14. The minimum atomic E-state index is 0.493. The molecule has 0 saturated carbocycles. The summed E-state index contributed by atoms with van der Waals surface area (Å²) in [5.41, 5.74) is 2.04. The van der Waals surface area contributed by atoms with Gasteiger partial charge in [0.05, 0.1) is 5.69 Å². The summed E-state index contributed by atoms with van der Waals surface area (Å²) < 4.78 is 0. The van der Waals surface area contributed by atoms with Crippen molar-refractivity contribution >= 4 is 28.1 Å². The van der Waals surface area contributed by atoms with Gasteiger partial charge >= 0.3 is 0 Å². The molecule has 0 bridgehead atoms. The number of hydrogen-bond acceptors (Lipinski definition) is 3. The fraction of sp³-hybridized carbons (Fsp3) is 0.0667. The molecule has 0 unspecified atom stereocenters. The van der Waals surface area contributed by atoms with Gasteiger partial charge in [0, 0.05) is 30.5 Å². The van der Waals surface area contributed by atoms with Crippen LogP contribution in [0.4, 0.5) is 5.69 Å². The van der Waals surface area contributed by atoms with Gasteiger partial charge in [-0.1, -0.05) is 23.7 Å². The number of fused-ring (bicyclic) bond motifs is 1. The first-order valence-corrected chi connectivity index (χ1v) is 6.38. The van der Waals surface area contributed by atoms with Gasteiger partial charge in [0.15, 0.2) is 5.15 Å². The Bertz CT molecular complexity index is 712. The Morgan fingerprint density at radius 2 is 2.00 bits per heavy atom. The van der Waals surface area contributed by atoms with Crippen LogP contribution >= 0.6 is 11.6 Å². The van der Waals surface area contributed by atoms with Crippen LogP contribution in [-0.2, 0) is 6.54 Å². The molecule has 3 aromatic rings. The molecule has 0 aliphatic carbocycles. The molecule has 0 spiro atoms. The van der Waals surface area contributed by atoms with Crippen molar-refractivity contribution in [2.45, 2.75) is 6.54 Å². The molecule has 1 aromatic carbocycles. The van der Waals surface area contributed by atoms with Gasteiger partial charge in [0.1, 0.15) is 0 Å². The number of anilines is 1. The van der Waals surface area contributed by atoms with Crippen LogP contribution in [-0.4, -0.2) is 9.97 Å². The fourth-order valence-electron chi connectivity index (χ4n) is 1.96. The molecule has 0 aliphatic heterocycles. The van der Waals surface area contributed by atoms with Crippen LogP contribution in [0.1, 0.15) is 5.56 Å². The molecule has 3 nitrogen and oxygen atoms in total. The van der Waals surface area contributed by atoms with E-state index in [0.29, 0.717) is 11.7 Å². The summed E-state index contributed by atoms with van der Waals surface area (Å²) in [5.74, 6) is 0. The van der Waals surface area contributed by atoms with E-state index in [1.54, 1.807) is 12.4 Å². The van der Waals surface area contributed by atoms with E-state index >= 15 is 0 Å². The molecule has 1 N–H and O–H groups in total. The molecule has 3 rings (SSSR count). The molecule has 0 aliphatic rings. The highest BCUT2D eigenvalue weighted by Crippen LogP contribution is 2.19. The maximum absolute atomic E-state index is 6.00. The zero-order valence-electron chi connectivity index (χ0n) is 10.2. The van der Waals surface area contributed by atoms with E-state index in [-0.39, 0.29) is 0 Å². The van der Waals surface area contributed by atoms with Gasteiger partial charge < -0.3 is 5.32 Å². The highest BCUT2D eigenvalue weighted by Gasteiger charge is 2.00. The van der Waals surface area contributed by atoms with Crippen LogP contribution < -0.4 is 5.32 Å². The zero-order valence-corrected chi connectivity index (χ0v) is 10.9. The molecule has 0 radical (unpaired) electrons. The SMILES string of the molecule is Clc1ncccc1NCc1ccc2cnccc2c1. The fourth-order valence-corrected chi connectivity index (χ4v) is 2.14. The van der Waals surface area contributed by atoms with E-state index < -0.39 is 0 Å². The van der Waals surface area contributed by atoms with Gasteiger partial charge in [-0.25, -0.2) is 4.98 Å². The smallest absolute Gasteiger partial charge is 0.152 e. The molecule has 2 aromatic heterocycles. The molecule has 0 atom stereocenters. The van der Waals surface area contributed by atoms with Crippen molar-refractivity contribution in [3.63, 3.8) is 0 Å². The van der Waals surface area contributed by atoms with Crippen molar-refractivity contribution < 1.29 is 0 Å². The zero-order chi connectivity index (χ0) is 13.1. The summed E-state index contributed by atoms with van der Waals surface area (Å²) in [4.78, 5) is 8.14. The van der Waals surface area contributed by atoms with Gasteiger partial charge in [-0.3, -0.25) is 4.98 Å². The number of nitrogens with one attached hydrogen (secondary N) is 1. The second kappa shape index (κ2) is 5.24. The van der Waals surface area contributed by atoms with Crippen LogP contribution in [0.15, 0.2) is 55.0 Å². The van der Waals surface area contributed by atoms with E-state index in [1.807, 2.05) is 24.4 Å².